The maximum absolute atomic E-state index is 12.5. The fourth-order valence-electron chi connectivity index (χ4n) is 3.21. The van der Waals surface area contributed by atoms with Crippen LogP contribution in [-0.4, -0.2) is 44.0 Å². The molecule has 1 amide bonds. The summed E-state index contributed by atoms with van der Waals surface area (Å²) in [4.78, 5) is 13.3. The topological polar surface area (TPSA) is 103 Å². The summed E-state index contributed by atoms with van der Waals surface area (Å²) >= 11 is 6.77. The number of thiocarbonyl (C=S) groups is 1. The number of nitrogens with one attached hydrogen (secondary N) is 2. The fraction of sp³-hybridized carbons (Fsp3) is 0.190. The molecule has 0 fully saturated rings. The van der Waals surface area contributed by atoms with Gasteiger partial charge in [0.1, 0.15) is 18.2 Å². The van der Waals surface area contributed by atoms with Gasteiger partial charge in [-0.15, -0.1) is 10.2 Å². The Balaban J connectivity index is 1.23. The molecule has 4 aromatic rings. The van der Waals surface area contributed by atoms with Crippen molar-refractivity contribution in [1.82, 2.24) is 25.1 Å². The predicted molar refractivity (Wildman–Crippen MR) is 125 cm³/mol. The van der Waals surface area contributed by atoms with E-state index in [2.05, 4.69) is 25.9 Å². The minimum Gasteiger partial charge on any atom is -0.486 e. The van der Waals surface area contributed by atoms with E-state index in [1.54, 1.807) is 22.7 Å². The Morgan fingerprint density at radius 1 is 1.12 bits per heavy atom. The number of anilines is 1. The second kappa shape index (κ2) is 8.52. The first-order valence-corrected chi connectivity index (χ1v) is 11.2. The molecule has 5 rings (SSSR count). The van der Waals surface area contributed by atoms with Crippen LogP contribution in [0.2, 0.25) is 0 Å². The van der Waals surface area contributed by atoms with Crippen molar-refractivity contribution >= 4 is 45.2 Å². The lowest BCUT2D eigenvalue weighted by atomic mass is 10.2. The maximum atomic E-state index is 12.5. The molecule has 1 aliphatic heterocycles. The summed E-state index contributed by atoms with van der Waals surface area (Å²) < 4.78 is 12.8. The molecule has 0 aliphatic carbocycles. The number of aryl methyl sites for hydroxylation is 1. The molecule has 0 saturated carbocycles. The lowest BCUT2D eigenvalue weighted by Crippen LogP contribution is -2.34. The van der Waals surface area contributed by atoms with Crippen LogP contribution in [0.3, 0.4) is 0 Å². The molecule has 0 radical (unpaired) electrons. The molecule has 9 nitrogen and oxygen atoms in total. The summed E-state index contributed by atoms with van der Waals surface area (Å²) in [6, 6.07) is 12.7. The molecule has 11 heteroatoms. The van der Waals surface area contributed by atoms with Crippen LogP contribution in [0, 0.1) is 0 Å². The molecule has 32 heavy (non-hydrogen) atoms. The summed E-state index contributed by atoms with van der Waals surface area (Å²) in [6.45, 7) is 2.97. The highest BCUT2D eigenvalue weighted by atomic mass is 32.1. The Morgan fingerprint density at radius 2 is 1.91 bits per heavy atom. The van der Waals surface area contributed by atoms with Gasteiger partial charge in [-0.1, -0.05) is 18.3 Å². The minimum absolute atomic E-state index is 0.198. The average Bonchev–Trinajstić information content (AvgIpc) is 3.40. The number of ether oxygens (including phenoxy) is 2. The van der Waals surface area contributed by atoms with Gasteiger partial charge in [0, 0.05) is 23.2 Å². The van der Waals surface area contributed by atoms with Crippen molar-refractivity contribution < 1.29 is 14.3 Å². The Hall–Kier alpha value is -3.57. The predicted octanol–water partition coefficient (Wildman–Crippen LogP) is 3.31. The summed E-state index contributed by atoms with van der Waals surface area (Å²) in [7, 11) is 0. The van der Waals surface area contributed by atoms with Gasteiger partial charge in [0.05, 0.1) is 0 Å². The van der Waals surface area contributed by atoms with Gasteiger partial charge < -0.3 is 14.8 Å². The zero-order valence-corrected chi connectivity index (χ0v) is 18.6. The molecule has 1 aliphatic rings. The third kappa shape index (κ3) is 3.99. The first-order valence-electron chi connectivity index (χ1n) is 9.94. The van der Waals surface area contributed by atoms with Gasteiger partial charge in [0.2, 0.25) is 4.96 Å². The van der Waals surface area contributed by atoms with E-state index in [1.807, 2.05) is 31.2 Å². The van der Waals surface area contributed by atoms with Crippen molar-refractivity contribution in [3.63, 3.8) is 0 Å². The number of carbonyl (C=O) groups excluding carboxylic acids is 1. The summed E-state index contributed by atoms with van der Waals surface area (Å²) in [5.41, 5.74) is 2.14. The smallest absolute Gasteiger partial charge is 0.257 e. The number of rotatable bonds is 4. The highest BCUT2D eigenvalue weighted by Gasteiger charge is 2.16. The number of amides is 1. The van der Waals surface area contributed by atoms with E-state index in [0.717, 1.165) is 33.5 Å². The Bertz CT molecular complexity index is 1320. The fourth-order valence-corrected chi connectivity index (χ4v) is 4.29. The van der Waals surface area contributed by atoms with Crippen molar-refractivity contribution in [2.45, 2.75) is 13.3 Å². The molecule has 2 aromatic heterocycles. The van der Waals surface area contributed by atoms with E-state index >= 15 is 0 Å². The average molecular weight is 467 g/mol. The van der Waals surface area contributed by atoms with Crippen LogP contribution in [0.1, 0.15) is 23.1 Å². The largest absolute Gasteiger partial charge is 0.486 e. The number of nitrogens with zero attached hydrogens (tertiary/aromatic N) is 4. The van der Waals surface area contributed by atoms with E-state index in [-0.39, 0.29) is 11.0 Å². The number of carbonyl (C=O) groups is 1. The molecule has 0 unspecified atom stereocenters. The monoisotopic (exact) mass is 466 g/mol. The highest BCUT2D eigenvalue weighted by molar-refractivity contribution is 7.80. The van der Waals surface area contributed by atoms with E-state index < -0.39 is 0 Å². The first kappa shape index (κ1) is 20.3. The first-order chi connectivity index (χ1) is 15.6. The molecular weight excluding hydrogens is 448 g/mol. The molecule has 3 heterocycles. The van der Waals surface area contributed by atoms with E-state index in [9.17, 15) is 4.79 Å². The van der Waals surface area contributed by atoms with Crippen molar-refractivity contribution in [3.05, 3.63) is 53.9 Å². The standard InChI is InChI=1S/C21H18N6O3S2/c1-2-17-24-25-21-27(17)26-19(32-21)12-3-6-14(7-4-12)22-20(31)23-18(28)13-5-8-15-16(11-13)30-10-9-29-15/h3-8,11H,2,9-10H2,1H3,(H2,22,23,28,31). The van der Waals surface area contributed by atoms with E-state index in [0.29, 0.717) is 30.3 Å². The number of hydrogen-bond acceptors (Lipinski definition) is 8. The molecular formula is C21H18N6O3S2. The SMILES string of the molecule is CCc1nnc2sc(-c3ccc(NC(=S)NC(=O)c4ccc5c(c4)OCCO5)cc3)nn12. The Labute approximate surface area is 192 Å². The van der Waals surface area contributed by atoms with E-state index in [4.69, 9.17) is 21.7 Å². The van der Waals surface area contributed by atoms with E-state index in [1.165, 1.54) is 11.3 Å². The Kier molecular flexibility index (Phi) is 5.41. The minimum atomic E-state index is -0.331. The van der Waals surface area contributed by atoms with Crippen molar-refractivity contribution in [3.8, 4) is 22.1 Å². The van der Waals surface area contributed by atoms with Crippen LogP contribution >= 0.6 is 23.6 Å². The summed E-state index contributed by atoms with van der Waals surface area (Å²) in [5, 5.41) is 19.6. The number of fused-ring (bicyclic) bond motifs is 2. The lowest BCUT2D eigenvalue weighted by Gasteiger charge is -2.18. The Morgan fingerprint density at radius 3 is 2.69 bits per heavy atom. The molecule has 0 bridgehead atoms. The van der Waals surface area contributed by atoms with Crippen molar-refractivity contribution in [2.24, 2.45) is 0 Å². The third-order valence-corrected chi connectivity index (χ3v) is 5.94. The molecule has 0 saturated heterocycles. The summed E-state index contributed by atoms with van der Waals surface area (Å²) in [5.74, 6) is 1.68. The van der Waals surface area contributed by atoms with Crippen LogP contribution in [0.4, 0.5) is 5.69 Å². The number of hydrogen-bond donors (Lipinski definition) is 2. The normalized spacial score (nSPS) is 12.5. The zero-order chi connectivity index (χ0) is 22.1. The lowest BCUT2D eigenvalue weighted by molar-refractivity contribution is 0.0976. The van der Waals surface area contributed by atoms with Crippen LogP contribution in [0.15, 0.2) is 42.5 Å². The molecule has 2 aromatic carbocycles. The molecule has 2 N–H and O–H groups in total. The number of aromatic nitrogens is 4. The summed E-state index contributed by atoms with van der Waals surface area (Å²) in [6.07, 6.45) is 0.766. The van der Waals surface area contributed by atoms with Crippen LogP contribution in [0.5, 0.6) is 11.5 Å². The highest BCUT2D eigenvalue weighted by Crippen LogP contribution is 2.31. The molecule has 0 spiro atoms. The molecule has 0 atom stereocenters. The van der Waals surface area contributed by atoms with Gasteiger partial charge in [-0.05, 0) is 54.7 Å². The van der Waals surface area contributed by atoms with Gasteiger partial charge in [-0.3, -0.25) is 10.1 Å². The van der Waals surface area contributed by atoms with Gasteiger partial charge in [-0.25, -0.2) is 0 Å². The quantitative estimate of drug-likeness (QED) is 0.442. The second-order valence-corrected chi connectivity index (χ2v) is 8.28. The van der Waals surface area contributed by atoms with Gasteiger partial charge in [0.15, 0.2) is 22.4 Å². The van der Waals surface area contributed by atoms with Gasteiger partial charge in [0.25, 0.3) is 5.91 Å². The van der Waals surface area contributed by atoms with Gasteiger partial charge >= 0.3 is 0 Å². The maximum Gasteiger partial charge on any atom is 0.257 e. The van der Waals surface area contributed by atoms with Crippen LogP contribution < -0.4 is 20.1 Å². The van der Waals surface area contributed by atoms with Gasteiger partial charge in [-0.2, -0.15) is 9.61 Å². The van der Waals surface area contributed by atoms with Crippen molar-refractivity contribution in [2.75, 3.05) is 18.5 Å². The number of benzene rings is 2. The van der Waals surface area contributed by atoms with Crippen LogP contribution in [0.25, 0.3) is 15.5 Å². The van der Waals surface area contributed by atoms with Crippen LogP contribution in [-0.2, 0) is 6.42 Å². The second-order valence-electron chi connectivity index (χ2n) is 6.92. The third-order valence-electron chi connectivity index (χ3n) is 4.79. The molecule has 162 valence electrons. The van der Waals surface area contributed by atoms with Crippen molar-refractivity contribution in [1.29, 1.82) is 0 Å². The zero-order valence-electron chi connectivity index (χ0n) is 17.0.